The highest BCUT2D eigenvalue weighted by Crippen LogP contribution is 2.40. The SMILES string of the molecule is CSCC(C)C(=O)Nc1sc2c(c1C(=O)c1cccnc1)CCC2. The highest BCUT2D eigenvalue weighted by molar-refractivity contribution is 7.98. The van der Waals surface area contributed by atoms with Gasteiger partial charge in [-0.3, -0.25) is 14.6 Å². The molecule has 2 aromatic rings. The lowest BCUT2D eigenvalue weighted by molar-refractivity contribution is -0.118. The van der Waals surface area contributed by atoms with E-state index in [1.165, 1.54) is 4.88 Å². The fraction of sp³-hybridized carbons (Fsp3) is 0.389. The Bertz CT molecular complexity index is 756. The third kappa shape index (κ3) is 3.39. The lowest BCUT2D eigenvalue weighted by Gasteiger charge is -2.12. The van der Waals surface area contributed by atoms with Crippen LogP contribution in [0.5, 0.6) is 0 Å². The van der Waals surface area contributed by atoms with Crippen LogP contribution in [-0.4, -0.2) is 28.7 Å². The number of hydrogen-bond acceptors (Lipinski definition) is 5. The number of pyridine rings is 1. The summed E-state index contributed by atoms with van der Waals surface area (Å²) in [6, 6.07) is 3.54. The minimum absolute atomic E-state index is 0.0236. The Morgan fingerprint density at radius 1 is 1.42 bits per heavy atom. The Balaban J connectivity index is 1.93. The van der Waals surface area contributed by atoms with E-state index in [-0.39, 0.29) is 17.6 Å². The number of rotatable bonds is 6. The Labute approximate surface area is 150 Å². The molecule has 4 nitrogen and oxygen atoms in total. The van der Waals surface area contributed by atoms with Gasteiger partial charge in [-0.25, -0.2) is 0 Å². The van der Waals surface area contributed by atoms with Crippen molar-refractivity contribution in [2.45, 2.75) is 26.2 Å². The maximum atomic E-state index is 13.0. The zero-order valence-corrected chi connectivity index (χ0v) is 15.4. The molecule has 0 spiro atoms. The number of thioether (sulfide) groups is 1. The second-order valence-corrected chi connectivity index (χ2v) is 7.99. The van der Waals surface area contributed by atoms with Gasteiger partial charge >= 0.3 is 0 Å². The summed E-state index contributed by atoms with van der Waals surface area (Å²) < 4.78 is 0. The van der Waals surface area contributed by atoms with E-state index in [0.717, 1.165) is 30.6 Å². The van der Waals surface area contributed by atoms with Gasteiger partial charge in [0.1, 0.15) is 5.00 Å². The van der Waals surface area contributed by atoms with Crippen LogP contribution < -0.4 is 5.32 Å². The number of ketones is 1. The Morgan fingerprint density at radius 3 is 2.96 bits per heavy atom. The molecule has 126 valence electrons. The summed E-state index contributed by atoms with van der Waals surface area (Å²) in [5, 5.41) is 3.70. The zero-order chi connectivity index (χ0) is 17.1. The molecular formula is C18H20N2O2S2. The van der Waals surface area contributed by atoms with Crippen molar-refractivity contribution in [1.29, 1.82) is 0 Å². The summed E-state index contributed by atoms with van der Waals surface area (Å²) in [5.41, 5.74) is 2.35. The molecule has 1 N–H and O–H groups in total. The van der Waals surface area contributed by atoms with Gasteiger partial charge in [0.25, 0.3) is 0 Å². The van der Waals surface area contributed by atoms with Crippen molar-refractivity contribution in [3.63, 3.8) is 0 Å². The van der Waals surface area contributed by atoms with E-state index in [2.05, 4.69) is 10.3 Å². The Hall–Kier alpha value is -1.66. The molecule has 0 aliphatic heterocycles. The largest absolute Gasteiger partial charge is 0.317 e. The molecule has 6 heteroatoms. The quantitative estimate of drug-likeness (QED) is 0.796. The summed E-state index contributed by atoms with van der Waals surface area (Å²) in [4.78, 5) is 30.7. The molecule has 0 saturated heterocycles. The van der Waals surface area contributed by atoms with E-state index >= 15 is 0 Å². The van der Waals surface area contributed by atoms with Gasteiger partial charge in [0.05, 0.1) is 5.56 Å². The number of fused-ring (bicyclic) bond motifs is 1. The maximum Gasteiger partial charge on any atom is 0.228 e. The fourth-order valence-corrected chi connectivity index (χ4v) is 4.88. The van der Waals surface area contributed by atoms with E-state index in [1.807, 2.05) is 13.2 Å². The molecule has 1 unspecified atom stereocenters. The maximum absolute atomic E-state index is 13.0. The van der Waals surface area contributed by atoms with Crippen molar-refractivity contribution in [1.82, 2.24) is 4.98 Å². The van der Waals surface area contributed by atoms with Gasteiger partial charge in [-0.15, -0.1) is 11.3 Å². The zero-order valence-electron chi connectivity index (χ0n) is 13.8. The lowest BCUT2D eigenvalue weighted by Crippen LogP contribution is -2.22. The summed E-state index contributed by atoms with van der Waals surface area (Å²) in [7, 11) is 0. The third-order valence-electron chi connectivity index (χ3n) is 4.17. The first-order chi connectivity index (χ1) is 11.6. The number of carbonyl (C=O) groups excluding carboxylic acids is 2. The average Bonchev–Trinajstić information content (AvgIpc) is 3.16. The van der Waals surface area contributed by atoms with Crippen molar-refractivity contribution < 1.29 is 9.59 Å². The third-order valence-corrected chi connectivity index (χ3v) is 6.21. The lowest BCUT2D eigenvalue weighted by atomic mass is 10.0. The number of carbonyl (C=O) groups is 2. The van der Waals surface area contributed by atoms with E-state index in [0.29, 0.717) is 16.1 Å². The number of aromatic nitrogens is 1. The van der Waals surface area contributed by atoms with Crippen molar-refractivity contribution in [2.75, 3.05) is 17.3 Å². The van der Waals surface area contributed by atoms with Crippen LogP contribution >= 0.6 is 23.1 Å². The molecule has 1 aliphatic rings. The van der Waals surface area contributed by atoms with Crippen LogP contribution in [0.1, 0.15) is 39.7 Å². The van der Waals surface area contributed by atoms with Gasteiger partial charge < -0.3 is 5.32 Å². The summed E-state index contributed by atoms with van der Waals surface area (Å²) in [5.74, 6) is 0.612. The van der Waals surface area contributed by atoms with Crippen LogP contribution in [0.4, 0.5) is 5.00 Å². The van der Waals surface area contributed by atoms with Crippen molar-refractivity contribution in [3.8, 4) is 0 Å². The van der Waals surface area contributed by atoms with Crippen LogP contribution in [0.25, 0.3) is 0 Å². The number of hydrogen-bond donors (Lipinski definition) is 1. The predicted molar refractivity (Wildman–Crippen MR) is 100 cm³/mol. The molecule has 24 heavy (non-hydrogen) atoms. The summed E-state index contributed by atoms with van der Waals surface area (Å²) in [6.07, 6.45) is 8.20. The molecular weight excluding hydrogens is 340 g/mol. The molecule has 1 atom stereocenters. The number of nitrogens with zero attached hydrogens (tertiary/aromatic N) is 1. The van der Waals surface area contributed by atoms with E-state index in [1.54, 1.807) is 47.6 Å². The number of thiophene rings is 1. The standard InChI is InChI=1S/C18H20N2O2S2/c1-11(10-23-2)17(22)20-18-15(13-6-3-7-14(13)24-18)16(21)12-5-4-8-19-9-12/h4-5,8-9,11H,3,6-7,10H2,1-2H3,(H,20,22). The molecule has 0 bridgehead atoms. The van der Waals surface area contributed by atoms with Crippen molar-refractivity contribution in [2.24, 2.45) is 5.92 Å². The number of aryl methyl sites for hydroxylation is 1. The van der Waals surface area contributed by atoms with Gasteiger partial charge in [0.2, 0.25) is 5.91 Å². The first kappa shape index (κ1) is 17.2. The Kier molecular flexibility index (Phi) is 5.36. The van der Waals surface area contributed by atoms with Crippen molar-refractivity contribution in [3.05, 3.63) is 46.1 Å². The van der Waals surface area contributed by atoms with Gasteiger partial charge in [0.15, 0.2) is 5.78 Å². The number of amides is 1. The smallest absolute Gasteiger partial charge is 0.228 e. The second kappa shape index (κ2) is 7.49. The number of nitrogens with one attached hydrogen (secondary N) is 1. The van der Waals surface area contributed by atoms with E-state index in [4.69, 9.17) is 0 Å². The molecule has 1 aliphatic carbocycles. The van der Waals surface area contributed by atoms with E-state index < -0.39 is 0 Å². The van der Waals surface area contributed by atoms with Crippen molar-refractivity contribution >= 4 is 39.8 Å². The second-order valence-electron chi connectivity index (χ2n) is 5.98. The van der Waals surface area contributed by atoms with Crippen LogP contribution in [0.2, 0.25) is 0 Å². The monoisotopic (exact) mass is 360 g/mol. The van der Waals surface area contributed by atoms with Crippen LogP contribution in [0, 0.1) is 5.92 Å². The van der Waals surface area contributed by atoms with Gasteiger partial charge in [-0.2, -0.15) is 11.8 Å². The van der Waals surface area contributed by atoms with Crippen LogP contribution in [0.15, 0.2) is 24.5 Å². The molecule has 2 heterocycles. The van der Waals surface area contributed by atoms with Gasteiger partial charge in [-0.1, -0.05) is 6.92 Å². The molecule has 2 aromatic heterocycles. The predicted octanol–water partition coefficient (Wildman–Crippen LogP) is 3.80. The minimum atomic E-state index is -0.0849. The normalized spacial score (nSPS) is 14.2. The first-order valence-corrected chi connectivity index (χ1v) is 10.2. The fourth-order valence-electron chi connectivity index (χ4n) is 2.93. The molecule has 0 radical (unpaired) electrons. The van der Waals surface area contributed by atoms with E-state index in [9.17, 15) is 9.59 Å². The summed E-state index contributed by atoms with van der Waals surface area (Å²) in [6.45, 7) is 1.91. The number of anilines is 1. The van der Waals surface area contributed by atoms with Gasteiger partial charge in [-0.05, 0) is 43.2 Å². The summed E-state index contributed by atoms with van der Waals surface area (Å²) >= 11 is 3.20. The van der Waals surface area contributed by atoms with Crippen LogP contribution in [-0.2, 0) is 17.6 Å². The average molecular weight is 361 g/mol. The molecule has 0 aromatic carbocycles. The van der Waals surface area contributed by atoms with Crippen LogP contribution in [0.3, 0.4) is 0 Å². The molecule has 1 amide bonds. The Morgan fingerprint density at radius 2 is 2.25 bits per heavy atom. The molecule has 0 fully saturated rings. The first-order valence-electron chi connectivity index (χ1n) is 8.01. The minimum Gasteiger partial charge on any atom is -0.317 e. The molecule has 0 saturated carbocycles. The highest BCUT2D eigenvalue weighted by Gasteiger charge is 2.28. The highest BCUT2D eigenvalue weighted by atomic mass is 32.2. The molecule has 3 rings (SSSR count). The topological polar surface area (TPSA) is 59.1 Å². The van der Waals surface area contributed by atoms with Gasteiger partial charge in [0, 0.05) is 34.5 Å².